The summed E-state index contributed by atoms with van der Waals surface area (Å²) in [4.78, 5) is 26.8. The minimum atomic E-state index is -1.17. The van der Waals surface area contributed by atoms with Crippen LogP contribution in [0.2, 0.25) is 0 Å². The summed E-state index contributed by atoms with van der Waals surface area (Å²) in [6.45, 7) is 2.31. The summed E-state index contributed by atoms with van der Waals surface area (Å²) < 4.78 is 0. The summed E-state index contributed by atoms with van der Waals surface area (Å²) in [5.41, 5.74) is 1.90. The third-order valence-electron chi connectivity index (χ3n) is 2.83. The molecule has 102 valence electrons. The Kier molecular flexibility index (Phi) is 4.10. The van der Waals surface area contributed by atoms with E-state index < -0.39 is 11.9 Å². The first-order valence-electron chi connectivity index (χ1n) is 6.10. The number of benzene rings is 1. The third kappa shape index (κ3) is 3.20. The van der Waals surface area contributed by atoms with E-state index in [4.69, 9.17) is 5.11 Å². The Morgan fingerprint density at radius 1 is 1.20 bits per heavy atom. The van der Waals surface area contributed by atoms with E-state index in [0.717, 1.165) is 11.1 Å². The van der Waals surface area contributed by atoms with Gasteiger partial charge in [0.2, 0.25) is 0 Å². The smallest absolute Gasteiger partial charge is 0.338 e. The lowest BCUT2D eigenvalue weighted by Crippen LogP contribution is -2.26. The van der Waals surface area contributed by atoms with Gasteiger partial charge in [-0.2, -0.15) is 0 Å². The van der Waals surface area contributed by atoms with Gasteiger partial charge in [0, 0.05) is 12.7 Å². The highest BCUT2D eigenvalue weighted by atomic mass is 16.4. The monoisotopic (exact) mass is 270 g/mol. The normalized spacial score (nSPS) is 10.1. The standard InChI is InChI=1S/C15H14N2O3/c1-10-4-6-11(7-5-10)9-17-14(18)13-12(15(19)20)3-2-8-16-13/h2-8H,9H2,1H3,(H,17,18)(H,19,20). The molecule has 0 saturated carbocycles. The molecule has 2 rings (SSSR count). The maximum atomic E-state index is 12.0. The maximum absolute atomic E-state index is 12.0. The second-order valence-corrected chi connectivity index (χ2v) is 4.37. The molecule has 2 N–H and O–H groups in total. The molecule has 0 unspecified atom stereocenters. The number of hydrogen-bond acceptors (Lipinski definition) is 3. The van der Waals surface area contributed by atoms with E-state index in [1.54, 1.807) is 0 Å². The number of carbonyl (C=O) groups excluding carboxylic acids is 1. The fourth-order valence-corrected chi connectivity index (χ4v) is 1.73. The highest BCUT2D eigenvalue weighted by Crippen LogP contribution is 2.07. The highest BCUT2D eigenvalue weighted by Gasteiger charge is 2.16. The van der Waals surface area contributed by atoms with Gasteiger partial charge in [-0.3, -0.25) is 9.78 Å². The molecule has 0 saturated heterocycles. The first-order valence-corrected chi connectivity index (χ1v) is 6.10. The quantitative estimate of drug-likeness (QED) is 0.890. The fraction of sp³-hybridized carbons (Fsp3) is 0.133. The fourth-order valence-electron chi connectivity index (χ4n) is 1.73. The Morgan fingerprint density at radius 3 is 2.55 bits per heavy atom. The first kappa shape index (κ1) is 13.7. The van der Waals surface area contributed by atoms with E-state index in [1.165, 1.54) is 18.3 Å². The van der Waals surface area contributed by atoms with Gasteiger partial charge in [-0.25, -0.2) is 4.79 Å². The Balaban J connectivity index is 2.09. The summed E-state index contributed by atoms with van der Waals surface area (Å²) in [6.07, 6.45) is 1.40. The van der Waals surface area contributed by atoms with Crippen LogP contribution in [0, 0.1) is 6.92 Å². The van der Waals surface area contributed by atoms with Crippen LogP contribution in [0.5, 0.6) is 0 Å². The second-order valence-electron chi connectivity index (χ2n) is 4.37. The third-order valence-corrected chi connectivity index (χ3v) is 2.83. The van der Waals surface area contributed by atoms with Gasteiger partial charge in [-0.05, 0) is 24.6 Å². The van der Waals surface area contributed by atoms with Crippen molar-refractivity contribution >= 4 is 11.9 Å². The van der Waals surface area contributed by atoms with Gasteiger partial charge in [0.05, 0.1) is 5.56 Å². The Hall–Kier alpha value is -2.69. The van der Waals surface area contributed by atoms with Crippen LogP contribution in [0.3, 0.4) is 0 Å². The Labute approximate surface area is 116 Å². The van der Waals surface area contributed by atoms with Gasteiger partial charge >= 0.3 is 5.97 Å². The van der Waals surface area contributed by atoms with Crippen LogP contribution in [-0.4, -0.2) is 22.0 Å². The summed E-state index contributed by atoms with van der Waals surface area (Å²) in [7, 11) is 0. The van der Waals surface area contributed by atoms with Crippen LogP contribution in [0.1, 0.15) is 32.0 Å². The number of nitrogens with one attached hydrogen (secondary N) is 1. The van der Waals surface area contributed by atoms with E-state index in [1.807, 2.05) is 31.2 Å². The summed E-state index contributed by atoms with van der Waals surface area (Å²) in [5.74, 6) is -1.66. The van der Waals surface area contributed by atoms with Crippen molar-refractivity contribution in [2.24, 2.45) is 0 Å². The molecule has 0 aliphatic carbocycles. The van der Waals surface area contributed by atoms with E-state index in [-0.39, 0.29) is 11.3 Å². The van der Waals surface area contributed by atoms with Crippen LogP contribution in [-0.2, 0) is 6.54 Å². The molecule has 20 heavy (non-hydrogen) atoms. The summed E-state index contributed by atoms with van der Waals surface area (Å²) in [5, 5.41) is 11.7. The number of aromatic carboxylic acids is 1. The lowest BCUT2D eigenvalue weighted by atomic mass is 10.1. The Morgan fingerprint density at radius 2 is 1.90 bits per heavy atom. The number of pyridine rings is 1. The molecule has 0 aliphatic heterocycles. The van der Waals surface area contributed by atoms with E-state index in [9.17, 15) is 9.59 Å². The van der Waals surface area contributed by atoms with Crippen LogP contribution >= 0.6 is 0 Å². The van der Waals surface area contributed by atoms with E-state index in [0.29, 0.717) is 6.54 Å². The van der Waals surface area contributed by atoms with Gasteiger partial charge in [-0.15, -0.1) is 0 Å². The minimum absolute atomic E-state index is 0.0767. The van der Waals surface area contributed by atoms with Gasteiger partial charge in [0.25, 0.3) is 5.91 Å². The molecule has 1 aromatic heterocycles. The van der Waals surface area contributed by atoms with Gasteiger partial charge in [-0.1, -0.05) is 29.8 Å². The molecule has 0 fully saturated rings. The summed E-state index contributed by atoms with van der Waals surface area (Å²) in [6, 6.07) is 10.6. The molecule has 0 radical (unpaired) electrons. The molecular formula is C15H14N2O3. The predicted molar refractivity (Wildman–Crippen MR) is 73.5 cm³/mol. The van der Waals surface area contributed by atoms with Gasteiger partial charge in [0.1, 0.15) is 5.69 Å². The average Bonchev–Trinajstić information content (AvgIpc) is 2.46. The number of carboxylic acid groups (broad SMARTS) is 1. The van der Waals surface area contributed by atoms with Crippen molar-refractivity contribution < 1.29 is 14.7 Å². The number of carboxylic acids is 1. The highest BCUT2D eigenvalue weighted by molar-refractivity contribution is 6.03. The van der Waals surface area contributed by atoms with Crippen LogP contribution in [0.15, 0.2) is 42.6 Å². The van der Waals surface area contributed by atoms with Crippen LogP contribution in [0.4, 0.5) is 0 Å². The lowest BCUT2D eigenvalue weighted by molar-refractivity contribution is 0.0690. The number of amides is 1. The molecule has 5 nitrogen and oxygen atoms in total. The Bertz CT molecular complexity index is 636. The zero-order chi connectivity index (χ0) is 14.5. The number of aromatic nitrogens is 1. The number of nitrogens with zero attached hydrogens (tertiary/aromatic N) is 1. The van der Waals surface area contributed by atoms with Crippen LogP contribution < -0.4 is 5.32 Å². The molecule has 1 amide bonds. The molecular weight excluding hydrogens is 256 g/mol. The van der Waals surface area contributed by atoms with Gasteiger partial charge < -0.3 is 10.4 Å². The topological polar surface area (TPSA) is 79.3 Å². The minimum Gasteiger partial charge on any atom is -0.478 e. The second kappa shape index (κ2) is 5.97. The number of rotatable bonds is 4. The molecule has 0 atom stereocenters. The van der Waals surface area contributed by atoms with Crippen molar-refractivity contribution in [3.8, 4) is 0 Å². The van der Waals surface area contributed by atoms with Crippen LogP contribution in [0.25, 0.3) is 0 Å². The van der Waals surface area contributed by atoms with Crippen molar-refractivity contribution in [3.05, 3.63) is 65.0 Å². The largest absolute Gasteiger partial charge is 0.478 e. The van der Waals surface area contributed by atoms with Gasteiger partial charge in [0.15, 0.2) is 0 Å². The molecule has 0 spiro atoms. The zero-order valence-electron chi connectivity index (χ0n) is 11.0. The SMILES string of the molecule is Cc1ccc(CNC(=O)c2ncccc2C(=O)O)cc1. The average molecular weight is 270 g/mol. The number of carbonyl (C=O) groups is 2. The van der Waals surface area contributed by atoms with Crippen molar-refractivity contribution in [1.82, 2.24) is 10.3 Å². The maximum Gasteiger partial charge on any atom is 0.338 e. The molecule has 0 bridgehead atoms. The van der Waals surface area contributed by atoms with Crippen molar-refractivity contribution in [3.63, 3.8) is 0 Å². The van der Waals surface area contributed by atoms with E-state index >= 15 is 0 Å². The number of aryl methyl sites for hydroxylation is 1. The molecule has 2 aromatic rings. The first-order chi connectivity index (χ1) is 9.58. The number of hydrogen-bond donors (Lipinski definition) is 2. The molecule has 0 aliphatic rings. The van der Waals surface area contributed by atoms with Crippen molar-refractivity contribution in [1.29, 1.82) is 0 Å². The summed E-state index contributed by atoms with van der Waals surface area (Å²) >= 11 is 0. The molecule has 1 aromatic carbocycles. The van der Waals surface area contributed by atoms with Crippen molar-refractivity contribution in [2.75, 3.05) is 0 Å². The van der Waals surface area contributed by atoms with Crippen molar-refractivity contribution in [2.45, 2.75) is 13.5 Å². The lowest BCUT2D eigenvalue weighted by Gasteiger charge is -2.07. The predicted octanol–water partition coefficient (Wildman–Crippen LogP) is 2.02. The molecule has 1 heterocycles. The zero-order valence-corrected chi connectivity index (χ0v) is 11.0. The van der Waals surface area contributed by atoms with E-state index in [2.05, 4.69) is 10.3 Å². The molecule has 5 heteroatoms.